The SMILES string of the molecule is CCN(Cc1ccccc1)C(=O)CCN1CCC[C@@H](C(N)=O)C1. The normalized spacial score (nSPS) is 18.6. The van der Waals surface area contributed by atoms with Crippen molar-refractivity contribution >= 4 is 11.8 Å². The van der Waals surface area contributed by atoms with Gasteiger partial charge in [0.1, 0.15) is 0 Å². The molecule has 1 aliphatic rings. The Hall–Kier alpha value is -1.88. The van der Waals surface area contributed by atoms with E-state index in [1.807, 2.05) is 42.2 Å². The van der Waals surface area contributed by atoms with Crippen molar-refractivity contribution in [2.75, 3.05) is 26.2 Å². The Labute approximate surface area is 138 Å². The maximum absolute atomic E-state index is 12.4. The Morgan fingerprint density at radius 2 is 2.04 bits per heavy atom. The maximum Gasteiger partial charge on any atom is 0.224 e. The predicted molar refractivity (Wildman–Crippen MR) is 90.5 cm³/mol. The predicted octanol–water partition coefficient (Wildman–Crippen LogP) is 1.62. The van der Waals surface area contributed by atoms with Crippen molar-refractivity contribution < 1.29 is 9.59 Å². The monoisotopic (exact) mass is 317 g/mol. The topological polar surface area (TPSA) is 66.6 Å². The van der Waals surface area contributed by atoms with Gasteiger partial charge in [0.15, 0.2) is 0 Å². The van der Waals surface area contributed by atoms with E-state index < -0.39 is 0 Å². The molecule has 0 bridgehead atoms. The van der Waals surface area contributed by atoms with Gasteiger partial charge in [-0.05, 0) is 31.9 Å². The standard InChI is InChI=1S/C18H27N3O2/c1-2-21(13-15-7-4-3-5-8-15)17(22)10-12-20-11-6-9-16(14-20)18(19)23/h3-5,7-8,16H,2,6,9-14H2,1H3,(H2,19,23)/t16-/m1/s1. The number of amides is 2. The highest BCUT2D eigenvalue weighted by molar-refractivity contribution is 5.77. The summed E-state index contributed by atoms with van der Waals surface area (Å²) in [5.74, 6) is -0.122. The van der Waals surface area contributed by atoms with Gasteiger partial charge in [0.25, 0.3) is 0 Å². The van der Waals surface area contributed by atoms with E-state index in [0.717, 1.165) is 24.9 Å². The first kappa shape index (κ1) is 17.5. The van der Waals surface area contributed by atoms with Crippen LogP contribution in [0.15, 0.2) is 30.3 Å². The highest BCUT2D eigenvalue weighted by atomic mass is 16.2. The number of primary amides is 1. The largest absolute Gasteiger partial charge is 0.369 e. The Morgan fingerprint density at radius 3 is 2.70 bits per heavy atom. The second-order valence-corrected chi connectivity index (χ2v) is 6.19. The third kappa shape index (κ3) is 5.36. The summed E-state index contributed by atoms with van der Waals surface area (Å²) in [6.07, 6.45) is 2.34. The van der Waals surface area contributed by atoms with Crippen LogP contribution in [0.1, 0.15) is 31.7 Å². The van der Waals surface area contributed by atoms with Crippen molar-refractivity contribution in [3.05, 3.63) is 35.9 Å². The van der Waals surface area contributed by atoms with Crippen LogP contribution in [0.4, 0.5) is 0 Å². The summed E-state index contributed by atoms with van der Waals surface area (Å²) in [6, 6.07) is 10.0. The first-order valence-corrected chi connectivity index (χ1v) is 8.43. The second-order valence-electron chi connectivity index (χ2n) is 6.19. The fourth-order valence-corrected chi connectivity index (χ4v) is 3.08. The molecule has 0 aliphatic carbocycles. The number of piperidine rings is 1. The number of hydrogen-bond donors (Lipinski definition) is 1. The Morgan fingerprint density at radius 1 is 1.30 bits per heavy atom. The minimum absolute atomic E-state index is 0.0644. The Kier molecular flexibility index (Phi) is 6.59. The molecule has 23 heavy (non-hydrogen) atoms. The average molecular weight is 317 g/mol. The first-order chi connectivity index (χ1) is 11.1. The van der Waals surface area contributed by atoms with Crippen molar-refractivity contribution in [1.82, 2.24) is 9.80 Å². The molecule has 5 heteroatoms. The molecule has 1 aliphatic heterocycles. The van der Waals surface area contributed by atoms with Crippen LogP contribution in [-0.2, 0) is 16.1 Å². The zero-order chi connectivity index (χ0) is 16.7. The number of hydrogen-bond acceptors (Lipinski definition) is 3. The molecule has 0 radical (unpaired) electrons. The molecule has 0 unspecified atom stereocenters. The maximum atomic E-state index is 12.4. The number of benzene rings is 1. The lowest BCUT2D eigenvalue weighted by molar-refractivity contribution is -0.132. The van der Waals surface area contributed by atoms with E-state index >= 15 is 0 Å². The molecule has 0 spiro atoms. The minimum atomic E-state index is -0.222. The molecule has 5 nitrogen and oxygen atoms in total. The van der Waals surface area contributed by atoms with E-state index in [-0.39, 0.29) is 17.7 Å². The van der Waals surface area contributed by atoms with Gasteiger partial charge in [-0.1, -0.05) is 30.3 Å². The van der Waals surface area contributed by atoms with E-state index in [4.69, 9.17) is 5.73 Å². The van der Waals surface area contributed by atoms with E-state index in [1.165, 1.54) is 0 Å². The van der Waals surface area contributed by atoms with Crippen molar-refractivity contribution in [2.24, 2.45) is 11.7 Å². The number of carbonyl (C=O) groups is 2. The molecule has 0 aromatic heterocycles. The number of nitrogens with two attached hydrogens (primary N) is 1. The van der Waals surface area contributed by atoms with Crippen LogP contribution in [0.2, 0.25) is 0 Å². The summed E-state index contributed by atoms with van der Waals surface area (Å²) < 4.78 is 0. The zero-order valence-corrected chi connectivity index (χ0v) is 13.9. The van der Waals surface area contributed by atoms with Gasteiger partial charge < -0.3 is 15.5 Å². The summed E-state index contributed by atoms with van der Waals surface area (Å²) >= 11 is 0. The van der Waals surface area contributed by atoms with Crippen molar-refractivity contribution in [1.29, 1.82) is 0 Å². The van der Waals surface area contributed by atoms with Gasteiger partial charge in [-0.2, -0.15) is 0 Å². The van der Waals surface area contributed by atoms with Crippen molar-refractivity contribution in [2.45, 2.75) is 32.7 Å². The molecule has 2 rings (SSSR count). The molecule has 1 aromatic rings. The summed E-state index contributed by atoms with van der Waals surface area (Å²) in [7, 11) is 0. The molecule has 0 saturated carbocycles. The lowest BCUT2D eigenvalue weighted by Crippen LogP contribution is -2.42. The lowest BCUT2D eigenvalue weighted by atomic mass is 9.97. The second kappa shape index (κ2) is 8.67. The molecular weight excluding hydrogens is 290 g/mol. The molecule has 2 N–H and O–H groups in total. The smallest absolute Gasteiger partial charge is 0.224 e. The molecule has 1 aromatic carbocycles. The Bertz CT molecular complexity index is 518. The van der Waals surface area contributed by atoms with Crippen LogP contribution in [0, 0.1) is 5.92 Å². The zero-order valence-electron chi connectivity index (χ0n) is 13.9. The fraction of sp³-hybridized carbons (Fsp3) is 0.556. The van der Waals surface area contributed by atoms with E-state index in [9.17, 15) is 9.59 Å². The third-order valence-corrected chi connectivity index (χ3v) is 4.50. The highest BCUT2D eigenvalue weighted by Crippen LogP contribution is 2.16. The van der Waals surface area contributed by atoms with Crippen LogP contribution >= 0.6 is 0 Å². The minimum Gasteiger partial charge on any atom is -0.369 e. The molecular formula is C18H27N3O2. The van der Waals surface area contributed by atoms with E-state index in [1.54, 1.807) is 0 Å². The highest BCUT2D eigenvalue weighted by Gasteiger charge is 2.24. The average Bonchev–Trinajstić information content (AvgIpc) is 2.58. The number of nitrogens with zero attached hydrogens (tertiary/aromatic N) is 2. The van der Waals surface area contributed by atoms with Gasteiger partial charge in [0.2, 0.25) is 11.8 Å². The summed E-state index contributed by atoms with van der Waals surface area (Å²) in [5.41, 5.74) is 6.55. The van der Waals surface area contributed by atoms with Crippen LogP contribution in [-0.4, -0.2) is 47.8 Å². The van der Waals surface area contributed by atoms with Gasteiger partial charge in [0.05, 0.1) is 5.92 Å². The van der Waals surface area contributed by atoms with Crippen molar-refractivity contribution in [3.63, 3.8) is 0 Å². The first-order valence-electron chi connectivity index (χ1n) is 8.43. The van der Waals surface area contributed by atoms with Gasteiger partial charge in [-0.25, -0.2) is 0 Å². The molecule has 1 saturated heterocycles. The van der Waals surface area contributed by atoms with Gasteiger partial charge >= 0.3 is 0 Å². The van der Waals surface area contributed by atoms with Crippen LogP contribution in [0.5, 0.6) is 0 Å². The molecule has 1 fully saturated rings. The third-order valence-electron chi connectivity index (χ3n) is 4.50. The van der Waals surface area contributed by atoms with Gasteiger partial charge in [-0.15, -0.1) is 0 Å². The molecule has 1 heterocycles. The number of carbonyl (C=O) groups excluding carboxylic acids is 2. The van der Waals surface area contributed by atoms with Crippen molar-refractivity contribution in [3.8, 4) is 0 Å². The van der Waals surface area contributed by atoms with Gasteiger partial charge in [0, 0.05) is 32.6 Å². The number of rotatable bonds is 7. The van der Waals surface area contributed by atoms with E-state index in [2.05, 4.69) is 4.90 Å². The summed E-state index contributed by atoms with van der Waals surface area (Å²) in [4.78, 5) is 27.8. The fourth-order valence-electron chi connectivity index (χ4n) is 3.08. The number of likely N-dealkylation sites (tertiary alicyclic amines) is 1. The molecule has 2 amide bonds. The van der Waals surface area contributed by atoms with Crippen LogP contribution < -0.4 is 5.73 Å². The van der Waals surface area contributed by atoms with Crippen LogP contribution in [0.25, 0.3) is 0 Å². The summed E-state index contributed by atoms with van der Waals surface area (Å²) in [6.45, 7) is 5.70. The van der Waals surface area contributed by atoms with Gasteiger partial charge in [-0.3, -0.25) is 9.59 Å². The quantitative estimate of drug-likeness (QED) is 0.831. The Balaban J connectivity index is 1.81. The van der Waals surface area contributed by atoms with Crippen LogP contribution in [0.3, 0.4) is 0 Å². The molecule has 1 atom stereocenters. The molecule has 126 valence electrons. The van der Waals surface area contributed by atoms with E-state index in [0.29, 0.717) is 32.6 Å². The lowest BCUT2D eigenvalue weighted by Gasteiger charge is -2.31. The summed E-state index contributed by atoms with van der Waals surface area (Å²) in [5, 5.41) is 0.